The van der Waals surface area contributed by atoms with E-state index < -0.39 is 0 Å². The lowest BCUT2D eigenvalue weighted by Crippen LogP contribution is -1.96. The Morgan fingerprint density at radius 1 is 1.05 bits per heavy atom. The lowest BCUT2D eigenvalue weighted by atomic mass is 10.1. The Hall–Kier alpha value is -2.28. The maximum atomic E-state index is 8.75. The van der Waals surface area contributed by atoms with Crippen molar-refractivity contribution >= 4 is 23.2 Å². The molecule has 0 unspecified atom stereocenters. The molecule has 0 amide bonds. The summed E-state index contributed by atoms with van der Waals surface area (Å²) in [6.45, 7) is 0. The van der Waals surface area contributed by atoms with Gasteiger partial charge >= 0.3 is 0 Å². The normalized spacial score (nSPS) is 10.4. The first-order valence-electron chi connectivity index (χ1n) is 6.65. The van der Waals surface area contributed by atoms with Crippen LogP contribution in [0.25, 0.3) is 16.8 Å². The highest BCUT2D eigenvalue weighted by atomic mass is 35.5. The molecule has 0 spiro atoms. The smallest absolute Gasteiger partial charge is 0.137 e. The molecular weight excluding hydrogens is 317 g/mol. The van der Waals surface area contributed by atoms with E-state index in [1.54, 1.807) is 10.9 Å². The van der Waals surface area contributed by atoms with E-state index in [-0.39, 0.29) is 6.42 Å². The fourth-order valence-corrected chi connectivity index (χ4v) is 2.66. The average molecular weight is 328 g/mol. The van der Waals surface area contributed by atoms with Crippen molar-refractivity contribution in [2.24, 2.45) is 0 Å². The van der Waals surface area contributed by atoms with Crippen LogP contribution in [0.5, 0.6) is 0 Å². The number of rotatable bonds is 3. The molecule has 0 fully saturated rings. The monoisotopic (exact) mass is 327 g/mol. The summed E-state index contributed by atoms with van der Waals surface area (Å²) >= 11 is 12.3. The molecule has 0 bridgehead atoms. The van der Waals surface area contributed by atoms with Crippen molar-refractivity contribution in [3.05, 3.63) is 70.5 Å². The highest BCUT2D eigenvalue weighted by Crippen LogP contribution is 2.25. The van der Waals surface area contributed by atoms with Gasteiger partial charge in [0.2, 0.25) is 0 Å². The third-order valence-electron chi connectivity index (χ3n) is 3.32. The Morgan fingerprint density at radius 2 is 1.82 bits per heavy atom. The summed E-state index contributed by atoms with van der Waals surface area (Å²) in [5.41, 5.74) is 3.69. The second kappa shape index (κ2) is 6.23. The minimum Gasteiger partial charge on any atom is -0.222 e. The molecule has 22 heavy (non-hydrogen) atoms. The third-order valence-corrected chi connectivity index (χ3v) is 3.96. The van der Waals surface area contributed by atoms with Crippen LogP contribution in [-0.2, 0) is 6.42 Å². The molecule has 0 atom stereocenters. The Morgan fingerprint density at radius 3 is 2.50 bits per heavy atom. The van der Waals surface area contributed by atoms with Gasteiger partial charge in [0, 0.05) is 10.6 Å². The van der Waals surface area contributed by atoms with Gasteiger partial charge in [-0.1, -0.05) is 47.5 Å². The van der Waals surface area contributed by atoms with Crippen LogP contribution in [0, 0.1) is 11.3 Å². The number of hydrogen-bond acceptors (Lipinski definition) is 2. The summed E-state index contributed by atoms with van der Waals surface area (Å²) in [4.78, 5) is 0. The molecule has 3 aromatic rings. The summed E-state index contributed by atoms with van der Waals surface area (Å²) in [6, 6.07) is 17.6. The number of benzene rings is 2. The summed E-state index contributed by atoms with van der Waals surface area (Å²) in [6.07, 6.45) is 1.87. The predicted octanol–water partition coefficient (Wildman–Crippen LogP) is 4.91. The van der Waals surface area contributed by atoms with E-state index in [1.165, 1.54) is 0 Å². The third kappa shape index (κ3) is 2.85. The molecule has 3 rings (SSSR count). The largest absolute Gasteiger partial charge is 0.222 e. The molecular formula is C17H11Cl2N3. The van der Waals surface area contributed by atoms with Crippen molar-refractivity contribution in [3.8, 4) is 22.9 Å². The maximum Gasteiger partial charge on any atom is 0.137 e. The SMILES string of the molecule is N#CCc1cnn(-c2ccc(-c3cccc(Cl)c3)cc2)c1Cl. The van der Waals surface area contributed by atoms with Gasteiger partial charge < -0.3 is 0 Å². The molecule has 0 N–H and O–H groups in total. The van der Waals surface area contributed by atoms with Crippen molar-refractivity contribution in [2.45, 2.75) is 6.42 Å². The molecule has 5 heteroatoms. The number of nitriles is 1. The van der Waals surface area contributed by atoms with E-state index in [1.807, 2.05) is 48.5 Å². The van der Waals surface area contributed by atoms with Gasteiger partial charge in [-0.25, -0.2) is 4.68 Å². The van der Waals surface area contributed by atoms with Crippen molar-refractivity contribution in [3.63, 3.8) is 0 Å². The van der Waals surface area contributed by atoms with Gasteiger partial charge in [-0.15, -0.1) is 0 Å². The second-order valence-corrected chi connectivity index (χ2v) is 5.56. The van der Waals surface area contributed by atoms with E-state index in [2.05, 4.69) is 11.2 Å². The van der Waals surface area contributed by atoms with E-state index in [4.69, 9.17) is 28.5 Å². The lowest BCUT2D eigenvalue weighted by molar-refractivity contribution is 0.881. The predicted molar refractivity (Wildman–Crippen MR) is 88.3 cm³/mol. The lowest BCUT2D eigenvalue weighted by Gasteiger charge is -2.06. The molecule has 0 saturated heterocycles. The zero-order valence-electron chi connectivity index (χ0n) is 11.5. The quantitative estimate of drug-likeness (QED) is 0.685. The first-order chi connectivity index (χ1) is 10.7. The van der Waals surface area contributed by atoms with Gasteiger partial charge in [-0.3, -0.25) is 0 Å². The molecule has 1 heterocycles. The zero-order chi connectivity index (χ0) is 15.5. The van der Waals surface area contributed by atoms with Gasteiger partial charge in [-0.05, 0) is 35.4 Å². The second-order valence-electron chi connectivity index (χ2n) is 4.76. The Labute approximate surface area is 138 Å². The Balaban J connectivity index is 1.93. The summed E-state index contributed by atoms with van der Waals surface area (Å²) in [5, 5.41) is 14.2. The van der Waals surface area contributed by atoms with Crippen LogP contribution in [0.3, 0.4) is 0 Å². The zero-order valence-corrected chi connectivity index (χ0v) is 13.0. The average Bonchev–Trinajstić information content (AvgIpc) is 2.89. The van der Waals surface area contributed by atoms with Crippen molar-refractivity contribution < 1.29 is 0 Å². The number of hydrogen-bond donors (Lipinski definition) is 0. The summed E-state index contributed by atoms with van der Waals surface area (Å²) < 4.78 is 1.62. The highest BCUT2D eigenvalue weighted by Gasteiger charge is 2.10. The molecule has 0 saturated carbocycles. The van der Waals surface area contributed by atoms with E-state index in [0.717, 1.165) is 22.4 Å². The molecule has 3 nitrogen and oxygen atoms in total. The van der Waals surface area contributed by atoms with Gasteiger partial charge in [-0.2, -0.15) is 10.4 Å². The van der Waals surface area contributed by atoms with Gasteiger partial charge in [0.05, 0.1) is 24.4 Å². The Kier molecular flexibility index (Phi) is 4.15. The van der Waals surface area contributed by atoms with Gasteiger partial charge in [0.25, 0.3) is 0 Å². The minimum absolute atomic E-state index is 0.249. The fraction of sp³-hybridized carbons (Fsp3) is 0.0588. The van der Waals surface area contributed by atoms with Crippen molar-refractivity contribution in [2.75, 3.05) is 0 Å². The standard InChI is InChI=1S/C17H11Cl2N3/c18-15-3-1-2-13(10-15)12-4-6-16(7-5-12)22-17(19)14(8-9-20)11-21-22/h1-7,10-11H,8H2. The molecule has 0 aliphatic rings. The van der Waals surface area contributed by atoms with Crippen LogP contribution < -0.4 is 0 Å². The van der Waals surface area contributed by atoms with Crippen LogP contribution in [0.1, 0.15) is 5.56 Å². The summed E-state index contributed by atoms with van der Waals surface area (Å²) in [7, 11) is 0. The van der Waals surface area contributed by atoms with Crippen LogP contribution in [0.4, 0.5) is 0 Å². The number of halogens is 2. The maximum absolute atomic E-state index is 8.75. The van der Waals surface area contributed by atoms with Crippen LogP contribution >= 0.6 is 23.2 Å². The minimum atomic E-state index is 0.249. The van der Waals surface area contributed by atoms with Crippen LogP contribution in [0.15, 0.2) is 54.7 Å². The first-order valence-corrected chi connectivity index (χ1v) is 7.40. The molecule has 2 aromatic carbocycles. The molecule has 108 valence electrons. The van der Waals surface area contributed by atoms with E-state index in [9.17, 15) is 0 Å². The first kappa shape index (κ1) is 14.6. The van der Waals surface area contributed by atoms with E-state index >= 15 is 0 Å². The van der Waals surface area contributed by atoms with Crippen molar-refractivity contribution in [1.82, 2.24) is 9.78 Å². The van der Waals surface area contributed by atoms with Gasteiger partial charge in [0.15, 0.2) is 0 Å². The molecule has 0 aliphatic carbocycles. The highest BCUT2D eigenvalue weighted by molar-refractivity contribution is 6.31. The number of aromatic nitrogens is 2. The molecule has 1 aromatic heterocycles. The van der Waals surface area contributed by atoms with Crippen molar-refractivity contribution in [1.29, 1.82) is 5.26 Å². The Bertz CT molecular complexity index is 845. The van der Waals surface area contributed by atoms with Gasteiger partial charge in [0.1, 0.15) is 5.15 Å². The topological polar surface area (TPSA) is 41.6 Å². The molecule has 0 radical (unpaired) electrons. The van der Waals surface area contributed by atoms with Crippen LogP contribution in [0.2, 0.25) is 10.2 Å². The van der Waals surface area contributed by atoms with Crippen LogP contribution in [-0.4, -0.2) is 9.78 Å². The summed E-state index contributed by atoms with van der Waals surface area (Å²) in [5.74, 6) is 0. The fourth-order valence-electron chi connectivity index (χ4n) is 2.21. The molecule has 0 aliphatic heterocycles. The number of nitrogens with zero attached hydrogens (tertiary/aromatic N) is 3. The van der Waals surface area contributed by atoms with E-state index in [0.29, 0.717) is 10.2 Å².